The average molecular weight is 554 g/mol. The zero-order chi connectivity index (χ0) is 27.9. The van der Waals surface area contributed by atoms with Gasteiger partial charge < -0.3 is 20.6 Å². The Labute approximate surface area is 226 Å². The highest BCUT2D eigenvalue weighted by atomic mass is 35.5. The first-order valence-electron chi connectivity index (χ1n) is 12.9. The van der Waals surface area contributed by atoms with E-state index in [4.69, 9.17) is 11.6 Å². The van der Waals surface area contributed by atoms with Gasteiger partial charge in [-0.1, -0.05) is 55.6 Å². The lowest BCUT2D eigenvalue weighted by Gasteiger charge is -2.38. The fraction of sp³-hybridized carbons (Fsp3) is 0.500. The van der Waals surface area contributed by atoms with Crippen molar-refractivity contribution in [2.75, 3.05) is 32.0 Å². The molecular weight excluding hydrogens is 519 g/mol. The first-order chi connectivity index (χ1) is 18.0. The molecule has 0 saturated carbocycles. The van der Waals surface area contributed by atoms with Gasteiger partial charge in [-0.05, 0) is 55.4 Å². The third-order valence-electron chi connectivity index (χ3n) is 7.18. The van der Waals surface area contributed by atoms with Crippen molar-refractivity contribution in [1.82, 2.24) is 10.2 Å². The first-order valence-corrected chi connectivity index (χ1v) is 13.3. The Morgan fingerprint density at radius 3 is 2.42 bits per heavy atom. The van der Waals surface area contributed by atoms with Crippen LogP contribution in [0.15, 0.2) is 42.5 Å². The summed E-state index contributed by atoms with van der Waals surface area (Å²) in [5, 5.41) is 16.9. The number of carbonyl (C=O) groups excluding carboxylic acids is 2. The number of benzene rings is 2. The van der Waals surface area contributed by atoms with Crippen molar-refractivity contribution >= 4 is 29.1 Å². The SMILES string of the molecule is CCc1cccc(C(O)(C(=O)N2CCC(CCCCNc3ccc(C(=O)NC)c(Cl)c3)CC2)C(F)(F)F)c1. The number of hydrogen-bond donors (Lipinski definition) is 3. The Morgan fingerprint density at radius 1 is 1.11 bits per heavy atom. The lowest BCUT2D eigenvalue weighted by molar-refractivity contribution is -0.262. The topological polar surface area (TPSA) is 81.7 Å². The van der Waals surface area contributed by atoms with E-state index >= 15 is 0 Å². The van der Waals surface area contributed by atoms with E-state index in [-0.39, 0.29) is 19.0 Å². The maximum atomic E-state index is 14.0. The highest BCUT2D eigenvalue weighted by Crippen LogP contribution is 2.41. The van der Waals surface area contributed by atoms with Crippen LogP contribution in [0.1, 0.15) is 60.5 Å². The Morgan fingerprint density at radius 2 is 1.82 bits per heavy atom. The Kier molecular flexibility index (Phi) is 10.1. The highest BCUT2D eigenvalue weighted by molar-refractivity contribution is 6.34. The zero-order valence-electron chi connectivity index (χ0n) is 21.7. The average Bonchev–Trinajstić information content (AvgIpc) is 2.91. The lowest BCUT2D eigenvalue weighted by Crippen LogP contribution is -2.57. The third-order valence-corrected chi connectivity index (χ3v) is 7.50. The molecule has 1 fully saturated rings. The maximum Gasteiger partial charge on any atom is 0.430 e. The number of unbranched alkanes of at least 4 members (excludes halogenated alkanes) is 1. The van der Waals surface area contributed by atoms with Gasteiger partial charge in [0, 0.05) is 37.9 Å². The number of carbonyl (C=O) groups is 2. The molecule has 0 aromatic heterocycles. The summed E-state index contributed by atoms with van der Waals surface area (Å²) in [6.45, 7) is 2.88. The second kappa shape index (κ2) is 12.8. The third kappa shape index (κ3) is 6.80. The van der Waals surface area contributed by atoms with Crippen molar-refractivity contribution < 1.29 is 27.9 Å². The number of nitrogens with zero attached hydrogens (tertiary/aromatic N) is 1. The summed E-state index contributed by atoms with van der Waals surface area (Å²) >= 11 is 6.17. The molecule has 1 aliphatic heterocycles. The van der Waals surface area contributed by atoms with Crippen LogP contribution in [0.5, 0.6) is 0 Å². The molecule has 3 rings (SSSR count). The molecule has 10 heteroatoms. The Bertz CT molecular complexity index is 1120. The predicted molar refractivity (Wildman–Crippen MR) is 142 cm³/mol. The number of aliphatic hydroxyl groups is 1. The number of piperidine rings is 1. The van der Waals surface area contributed by atoms with E-state index in [9.17, 15) is 27.9 Å². The van der Waals surface area contributed by atoms with E-state index in [2.05, 4.69) is 10.6 Å². The van der Waals surface area contributed by atoms with Gasteiger partial charge in [0.15, 0.2) is 0 Å². The minimum atomic E-state index is -5.13. The van der Waals surface area contributed by atoms with Gasteiger partial charge in [0.2, 0.25) is 0 Å². The van der Waals surface area contributed by atoms with Crippen molar-refractivity contribution in [3.8, 4) is 0 Å². The van der Waals surface area contributed by atoms with Crippen LogP contribution in [0.3, 0.4) is 0 Å². The summed E-state index contributed by atoms with van der Waals surface area (Å²) in [4.78, 5) is 25.9. The van der Waals surface area contributed by atoms with E-state index in [0.29, 0.717) is 47.9 Å². The number of halogens is 4. The molecule has 6 nitrogen and oxygen atoms in total. The molecule has 1 heterocycles. The number of amides is 2. The second-order valence-corrected chi connectivity index (χ2v) is 10.1. The largest absolute Gasteiger partial charge is 0.430 e. The first kappa shape index (κ1) is 29.8. The van der Waals surface area contributed by atoms with Gasteiger partial charge in [0.05, 0.1) is 10.6 Å². The maximum absolute atomic E-state index is 14.0. The molecule has 1 aliphatic rings. The molecule has 1 saturated heterocycles. The number of hydrogen-bond acceptors (Lipinski definition) is 4. The fourth-order valence-electron chi connectivity index (χ4n) is 4.81. The van der Waals surface area contributed by atoms with Gasteiger partial charge in [0.25, 0.3) is 17.4 Å². The minimum absolute atomic E-state index is 0.184. The highest BCUT2D eigenvalue weighted by Gasteiger charge is 2.62. The summed E-state index contributed by atoms with van der Waals surface area (Å²) in [6.07, 6.45) is -0.733. The molecule has 0 aliphatic carbocycles. The lowest BCUT2D eigenvalue weighted by atomic mass is 9.87. The van der Waals surface area contributed by atoms with Crippen LogP contribution < -0.4 is 10.6 Å². The van der Waals surface area contributed by atoms with Crippen LogP contribution in [0.25, 0.3) is 0 Å². The van der Waals surface area contributed by atoms with Crippen LogP contribution in [0, 0.1) is 5.92 Å². The van der Waals surface area contributed by atoms with Gasteiger partial charge in [-0.2, -0.15) is 13.2 Å². The monoisotopic (exact) mass is 553 g/mol. The molecule has 0 bridgehead atoms. The number of anilines is 1. The van der Waals surface area contributed by atoms with Crippen LogP contribution >= 0.6 is 11.6 Å². The number of nitrogens with one attached hydrogen (secondary N) is 2. The zero-order valence-corrected chi connectivity index (χ0v) is 22.5. The van der Waals surface area contributed by atoms with Crippen LogP contribution in [0.4, 0.5) is 18.9 Å². The van der Waals surface area contributed by atoms with E-state index < -0.39 is 23.2 Å². The van der Waals surface area contributed by atoms with Crippen LogP contribution in [0.2, 0.25) is 5.02 Å². The molecule has 0 radical (unpaired) electrons. The molecule has 38 heavy (non-hydrogen) atoms. The summed E-state index contributed by atoms with van der Waals surface area (Å²) < 4.78 is 42.1. The predicted octanol–water partition coefficient (Wildman–Crippen LogP) is 5.53. The van der Waals surface area contributed by atoms with Crippen molar-refractivity contribution in [1.29, 1.82) is 0 Å². The van der Waals surface area contributed by atoms with Gasteiger partial charge >= 0.3 is 6.18 Å². The smallest absolute Gasteiger partial charge is 0.385 e. The van der Waals surface area contributed by atoms with Crippen molar-refractivity contribution in [3.05, 3.63) is 64.2 Å². The minimum Gasteiger partial charge on any atom is -0.385 e. The van der Waals surface area contributed by atoms with Gasteiger partial charge in [-0.15, -0.1) is 0 Å². The molecule has 1 unspecified atom stereocenters. The fourth-order valence-corrected chi connectivity index (χ4v) is 5.08. The van der Waals surface area contributed by atoms with E-state index in [1.165, 1.54) is 12.1 Å². The van der Waals surface area contributed by atoms with Crippen molar-refractivity contribution in [2.24, 2.45) is 5.92 Å². The molecule has 2 aromatic rings. The quantitative estimate of drug-likeness (QED) is 0.338. The number of alkyl halides is 3. The van der Waals surface area contributed by atoms with Gasteiger partial charge in [0.1, 0.15) is 0 Å². The summed E-state index contributed by atoms with van der Waals surface area (Å²) in [7, 11) is 1.54. The standard InChI is InChI=1S/C28H35ClF3N3O3/c1-3-19-8-6-9-21(17-19)27(38,28(30,31)32)26(37)35-15-12-20(13-16-35)7-4-5-14-34-22-10-11-23(24(29)18-22)25(36)33-2/h6,8-11,17-18,20,34,38H,3-5,7,12-16H2,1-2H3,(H,33,36). The molecular formula is C28H35ClF3N3O3. The second-order valence-electron chi connectivity index (χ2n) is 9.69. The molecule has 3 N–H and O–H groups in total. The number of rotatable bonds is 10. The van der Waals surface area contributed by atoms with E-state index in [1.54, 1.807) is 38.2 Å². The summed E-state index contributed by atoms with van der Waals surface area (Å²) in [6, 6.07) is 10.7. The number of likely N-dealkylation sites (tertiary alicyclic amines) is 1. The molecule has 2 amide bonds. The molecule has 0 spiro atoms. The van der Waals surface area contributed by atoms with E-state index in [1.807, 2.05) is 0 Å². The summed E-state index contributed by atoms with van der Waals surface area (Å²) in [5.41, 5.74) is -2.15. The van der Waals surface area contributed by atoms with Gasteiger partial charge in [-0.25, -0.2) is 0 Å². The summed E-state index contributed by atoms with van der Waals surface area (Å²) in [5.74, 6) is -1.24. The molecule has 2 aromatic carbocycles. The van der Waals surface area contributed by atoms with Crippen molar-refractivity contribution in [3.63, 3.8) is 0 Å². The van der Waals surface area contributed by atoms with Crippen LogP contribution in [-0.4, -0.2) is 54.7 Å². The molecule has 1 atom stereocenters. The Hall–Kier alpha value is -2.78. The number of aryl methyl sites for hydroxylation is 1. The van der Waals surface area contributed by atoms with Gasteiger partial charge in [-0.3, -0.25) is 9.59 Å². The van der Waals surface area contributed by atoms with Crippen molar-refractivity contribution in [2.45, 2.75) is 57.2 Å². The Balaban J connectivity index is 1.48. The van der Waals surface area contributed by atoms with E-state index in [0.717, 1.165) is 35.9 Å². The van der Waals surface area contributed by atoms with Crippen LogP contribution in [-0.2, 0) is 16.8 Å². The molecule has 208 valence electrons. The normalized spacial score (nSPS) is 16.1.